The Morgan fingerprint density at radius 1 is 1.03 bits per heavy atom. The number of benzene rings is 2. The van der Waals surface area contributed by atoms with Crippen LogP contribution in [-0.2, 0) is 15.4 Å². The Balaban J connectivity index is 1.58. The smallest absolute Gasteiger partial charge is 0.244 e. The molecule has 0 saturated carbocycles. The SMILES string of the molecule is COc1ccc(C)cc1S(=O)(=O)N[C@@H]1C2CN3CCN(C2)CC1(c1ccccc1)C3. The van der Waals surface area contributed by atoms with Crippen molar-refractivity contribution >= 4 is 10.0 Å². The standard InChI is InChI=1S/C23H29N3O3S/c1-17-8-9-20(29-2)21(12-17)30(27,28)24-22-18-13-25-10-11-26(14-18)16-23(22,15-25)19-6-4-3-5-7-19/h3-9,12,18,22,24H,10-11,13-16H2,1-2H3/t18?,22-,23?/m1/s1. The number of sulfonamides is 1. The molecule has 0 aliphatic carbocycles. The molecular formula is C23H29N3O3S. The molecule has 0 aromatic heterocycles. The molecule has 4 heterocycles. The van der Waals surface area contributed by atoms with Gasteiger partial charge < -0.3 is 14.5 Å². The maximum atomic E-state index is 13.6. The summed E-state index contributed by atoms with van der Waals surface area (Å²) in [6.45, 7) is 7.63. The van der Waals surface area contributed by atoms with Crippen molar-refractivity contribution in [3.05, 3.63) is 59.7 Å². The second-order valence-electron chi connectivity index (χ2n) is 9.01. The van der Waals surface area contributed by atoms with E-state index in [2.05, 4.69) is 38.8 Å². The second-order valence-corrected chi connectivity index (χ2v) is 10.7. The number of methoxy groups -OCH3 is 1. The fourth-order valence-corrected chi connectivity index (χ4v) is 7.38. The summed E-state index contributed by atoms with van der Waals surface area (Å²) < 4.78 is 35.7. The summed E-state index contributed by atoms with van der Waals surface area (Å²) >= 11 is 0. The van der Waals surface area contributed by atoms with Crippen LogP contribution in [0.2, 0.25) is 0 Å². The van der Waals surface area contributed by atoms with Gasteiger partial charge in [0.05, 0.1) is 7.11 Å². The lowest BCUT2D eigenvalue weighted by molar-refractivity contribution is 0.0281. The van der Waals surface area contributed by atoms with Gasteiger partial charge in [-0.1, -0.05) is 36.4 Å². The zero-order valence-electron chi connectivity index (χ0n) is 17.5. The van der Waals surface area contributed by atoms with Crippen molar-refractivity contribution < 1.29 is 13.2 Å². The third-order valence-electron chi connectivity index (χ3n) is 7.04. The first kappa shape index (κ1) is 20.0. The van der Waals surface area contributed by atoms with E-state index in [9.17, 15) is 8.42 Å². The highest BCUT2D eigenvalue weighted by molar-refractivity contribution is 7.89. The van der Waals surface area contributed by atoms with Gasteiger partial charge in [0.25, 0.3) is 0 Å². The monoisotopic (exact) mass is 427 g/mol. The zero-order valence-corrected chi connectivity index (χ0v) is 18.4. The van der Waals surface area contributed by atoms with E-state index in [0.29, 0.717) is 5.75 Å². The molecule has 4 aliphatic heterocycles. The maximum Gasteiger partial charge on any atom is 0.244 e. The van der Waals surface area contributed by atoms with E-state index >= 15 is 0 Å². The van der Waals surface area contributed by atoms with E-state index in [1.54, 1.807) is 12.1 Å². The van der Waals surface area contributed by atoms with E-state index in [1.165, 1.54) is 12.7 Å². The highest BCUT2D eigenvalue weighted by Gasteiger charge is 2.56. The quantitative estimate of drug-likeness (QED) is 0.789. The molecule has 0 radical (unpaired) electrons. The van der Waals surface area contributed by atoms with Crippen molar-refractivity contribution in [3.63, 3.8) is 0 Å². The van der Waals surface area contributed by atoms with E-state index < -0.39 is 10.0 Å². The molecule has 1 N–H and O–H groups in total. The van der Waals surface area contributed by atoms with Crippen LogP contribution in [0.25, 0.3) is 0 Å². The fourth-order valence-electron chi connectivity index (χ4n) is 5.75. The second kappa shape index (κ2) is 7.34. The van der Waals surface area contributed by atoms with Crippen molar-refractivity contribution in [2.24, 2.45) is 5.92 Å². The van der Waals surface area contributed by atoms with Crippen molar-refractivity contribution in [3.8, 4) is 5.75 Å². The number of hydrogen-bond acceptors (Lipinski definition) is 5. The molecular weight excluding hydrogens is 398 g/mol. The van der Waals surface area contributed by atoms with Crippen LogP contribution < -0.4 is 9.46 Å². The van der Waals surface area contributed by atoms with E-state index in [1.807, 2.05) is 19.1 Å². The van der Waals surface area contributed by atoms with E-state index in [-0.39, 0.29) is 22.3 Å². The first-order valence-electron chi connectivity index (χ1n) is 10.6. The van der Waals surface area contributed by atoms with Crippen LogP contribution in [-0.4, -0.2) is 70.6 Å². The van der Waals surface area contributed by atoms with Crippen molar-refractivity contribution in [1.29, 1.82) is 0 Å². The van der Waals surface area contributed by atoms with Crippen LogP contribution in [0.1, 0.15) is 11.1 Å². The van der Waals surface area contributed by atoms with Gasteiger partial charge in [-0.15, -0.1) is 0 Å². The Morgan fingerprint density at radius 3 is 2.33 bits per heavy atom. The molecule has 0 amide bonds. The molecule has 30 heavy (non-hydrogen) atoms. The number of rotatable bonds is 5. The molecule has 0 spiro atoms. The van der Waals surface area contributed by atoms with Gasteiger partial charge in [-0.3, -0.25) is 0 Å². The van der Waals surface area contributed by atoms with Crippen LogP contribution in [0, 0.1) is 12.8 Å². The molecule has 4 bridgehead atoms. The van der Waals surface area contributed by atoms with Gasteiger partial charge in [0.15, 0.2) is 0 Å². The summed E-state index contributed by atoms with van der Waals surface area (Å²) in [4.78, 5) is 5.26. The Kier molecular flexibility index (Phi) is 4.89. The number of piperidine rings is 2. The van der Waals surface area contributed by atoms with Gasteiger partial charge in [-0.25, -0.2) is 13.1 Å². The average Bonchev–Trinajstić information content (AvgIpc) is 2.99. The summed E-state index contributed by atoms with van der Waals surface area (Å²) in [6, 6.07) is 15.6. The Hall–Kier alpha value is -1.93. The van der Waals surface area contributed by atoms with Gasteiger partial charge in [0.2, 0.25) is 10.0 Å². The summed E-state index contributed by atoms with van der Waals surface area (Å²) in [6.07, 6.45) is 0. The number of hydrogen-bond donors (Lipinski definition) is 1. The normalized spacial score (nSPS) is 32.7. The Morgan fingerprint density at radius 2 is 1.70 bits per heavy atom. The summed E-state index contributed by atoms with van der Waals surface area (Å²) in [5.74, 6) is 0.635. The first-order chi connectivity index (χ1) is 14.4. The number of nitrogens with zero attached hydrogens (tertiary/aromatic N) is 2. The lowest BCUT2D eigenvalue weighted by Crippen LogP contribution is -2.70. The van der Waals surface area contributed by atoms with Crippen LogP contribution in [0.3, 0.4) is 0 Å². The molecule has 4 aliphatic rings. The highest BCUT2D eigenvalue weighted by atomic mass is 32.2. The molecule has 4 saturated heterocycles. The molecule has 2 aromatic rings. The molecule has 2 unspecified atom stereocenters. The number of ether oxygens (including phenoxy) is 1. The first-order valence-corrected chi connectivity index (χ1v) is 12.1. The van der Waals surface area contributed by atoms with E-state index in [0.717, 1.165) is 44.8 Å². The van der Waals surface area contributed by atoms with Gasteiger partial charge in [0, 0.05) is 56.6 Å². The predicted molar refractivity (Wildman–Crippen MR) is 116 cm³/mol. The number of aryl methyl sites for hydroxylation is 1. The third kappa shape index (κ3) is 3.24. The average molecular weight is 428 g/mol. The third-order valence-corrected chi connectivity index (χ3v) is 8.50. The van der Waals surface area contributed by atoms with Crippen LogP contribution >= 0.6 is 0 Å². The highest BCUT2D eigenvalue weighted by Crippen LogP contribution is 2.44. The Labute approximate surface area is 178 Å². The minimum atomic E-state index is -3.74. The lowest BCUT2D eigenvalue weighted by Gasteiger charge is -2.55. The molecule has 7 heteroatoms. The fraction of sp³-hybridized carbons (Fsp3) is 0.478. The van der Waals surface area contributed by atoms with Crippen molar-refractivity contribution in [2.45, 2.75) is 23.3 Å². The van der Waals surface area contributed by atoms with Gasteiger partial charge in [0.1, 0.15) is 10.6 Å². The van der Waals surface area contributed by atoms with Crippen molar-refractivity contribution in [2.75, 3.05) is 46.4 Å². The maximum absolute atomic E-state index is 13.6. The van der Waals surface area contributed by atoms with Crippen LogP contribution in [0.15, 0.2) is 53.4 Å². The largest absolute Gasteiger partial charge is 0.495 e. The minimum absolute atomic E-state index is 0.152. The molecule has 6 rings (SSSR count). The number of nitrogens with one attached hydrogen (secondary N) is 1. The van der Waals surface area contributed by atoms with Gasteiger partial charge in [-0.2, -0.15) is 0 Å². The summed E-state index contributed by atoms with van der Waals surface area (Å²) in [5.41, 5.74) is 1.85. The molecule has 6 nitrogen and oxygen atoms in total. The van der Waals surface area contributed by atoms with Gasteiger partial charge in [-0.05, 0) is 30.2 Å². The van der Waals surface area contributed by atoms with E-state index in [4.69, 9.17) is 4.74 Å². The lowest BCUT2D eigenvalue weighted by atomic mass is 9.65. The van der Waals surface area contributed by atoms with Crippen molar-refractivity contribution in [1.82, 2.24) is 14.5 Å². The van der Waals surface area contributed by atoms with Gasteiger partial charge >= 0.3 is 0 Å². The predicted octanol–water partition coefficient (Wildman–Crippen LogP) is 1.85. The minimum Gasteiger partial charge on any atom is -0.495 e. The molecule has 160 valence electrons. The zero-order chi connectivity index (χ0) is 20.9. The summed E-state index contributed by atoms with van der Waals surface area (Å²) in [5, 5.41) is 0. The molecule has 2 aromatic carbocycles. The number of fused-ring (bicyclic) bond motifs is 1. The van der Waals surface area contributed by atoms with Crippen LogP contribution in [0.5, 0.6) is 5.75 Å². The topological polar surface area (TPSA) is 61.9 Å². The van der Waals surface area contributed by atoms with Crippen LogP contribution in [0.4, 0.5) is 0 Å². The summed E-state index contributed by atoms with van der Waals surface area (Å²) in [7, 11) is -2.22. The molecule has 4 fully saturated rings. The molecule has 3 atom stereocenters. The Bertz CT molecular complexity index is 1020.